The SMILES string of the molecule is COc1cc(C)c(S(=O)(=O)NCCCN2CCC(C)CC2)c(C)c1. The Balaban J connectivity index is 1.90. The molecule has 1 heterocycles. The van der Waals surface area contributed by atoms with Gasteiger partial charge in [-0.05, 0) is 81.9 Å². The summed E-state index contributed by atoms with van der Waals surface area (Å²) in [7, 11) is -1.90. The van der Waals surface area contributed by atoms with E-state index in [9.17, 15) is 8.42 Å². The zero-order valence-electron chi connectivity index (χ0n) is 15.3. The van der Waals surface area contributed by atoms with Gasteiger partial charge in [-0.25, -0.2) is 13.1 Å². The molecular weight excluding hydrogens is 324 g/mol. The molecule has 1 aromatic carbocycles. The Morgan fingerprint density at radius 1 is 1.21 bits per heavy atom. The van der Waals surface area contributed by atoms with Gasteiger partial charge in [0.1, 0.15) is 5.75 Å². The Morgan fingerprint density at radius 2 is 1.79 bits per heavy atom. The van der Waals surface area contributed by atoms with E-state index in [2.05, 4.69) is 16.5 Å². The third kappa shape index (κ3) is 4.94. The van der Waals surface area contributed by atoms with Gasteiger partial charge >= 0.3 is 0 Å². The summed E-state index contributed by atoms with van der Waals surface area (Å²) in [6.45, 7) is 9.59. The highest BCUT2D eigenvalue weighted by molar-refractivity contribution is 7.89. The van der Waals surface area contributed by atoms with Crippen molar-refractivity contribution in [3.63, 3.8) is 0 Å². The standard InChI is InChI=1S/C18H30N2O3S/c1-14-6-10-20(11-7-14)9-5-8-19-24(21,22)18-15(2)12-17(23-4)13-16(18)3/h12-14,19H,5-11H2,1-4H3. The molecule has 24 heavy (non-hydrogen) atoms. The van der Waals surface area contributed by atoms with E-state index < -0.39 is 10.0 Å². The van der Waals surface area contributed by atoms with Gasteiger partial charge in [-0.2, -0.15) is 0 Å². The second-order valence-corrected chi connectivity index (χ2v) is 8.57. The van der Waals surface area contributed by atoms with Gasteiger partial charge in [-0.15, -0.1) is 0 Å². The number of benzene rings is 1. The van der Waals surface area contributed by atoms with Crippen LogP contribution in [0.1, 0.15) is 37.3 Å². The van der Waals surface area contributed by atoms with Crippen molar-refractivity contribution in [2.45, 2.75) is 44.9 Å². The molecule has 2 rings (SSSR count). The van der Waals surface area contributed by atoms with Crippen molar-refractivity contribution in [3.8, 4) is 5.75 Å². The Kier molecular flexibility index (Phi) is 6.66. The summed E-state index contributed by atoms with van der Waals surface area (Å²) < 4.78 is 33.1. The van der Waals surface area contributed by atoms with Crippen molar-refractivity contribution in [3.05, 3.63) is 23.3 Å². The number of aryl methyl sites for hydroxylation is 2. The maximum atomic E-state index is 12.6. The van der Waals surface area contributed by atoms with Crippen LogP contribution in [0.4, 0.5) is 0 Å². The molecule has 0 bridgehead atoms. The van der Waals surface area contributed by atoms with Crippen LogP contribution in [0.3, 0.4) is 0 Å². The fourth-order valence-electron chi connectivity index (χ4n) is 3.32. The van der Waals surface area contributed by atoms with Gasteiger partial charge in [0.25, 0.3) is 0 Å². The minimum absolute atomic E-state index is 0.370. The Bertz CT molecular complexity index is 627. The number of nitrogens with zero attached hydrogens (tertiary/aromatic N) is 1. The molecule has 0 aliphatic carbocycles. The number of methoxy groups -OCH3 is 1. The first-order valence-corrected chi connectivity index (χ1v) is 10.2. The van der Waals surface area contributed by atoms with Crippen molar-refractivity contribution < 1.29 is 13.2 Å². The number of hydrogen-bond acceptors (Lipinski definition) is 4. The van der Waals surface area contributed by atoms with Crippen molar-refractivity contribution in [2.24, 2.45) is 5.92 Å². The van der Waals surface area contributed by atoms with E-state index in [0.717, 1.165) is 32.0 Å². The lowest BCUT2D eigenvalue weighted by Gasteiger charge is -2.30. The number of hydrogen-bond donors (Lipinski definition) is 1. The molecule has 0 saturated carbocycles. The van der Waals surface area contributed by atoms with E-state index in [1.807, 2.05) is 0 Å². The van der Waals surface area contributed by atoms with Crippen LogP contribution in [0.2, 0.25) is 0 Å². The van der Waals surface area contributed by atoms with E-state index in [1.54, 1.807) is 33.1 Å². The van der Waals surface area contributed by atoms with Gasteiger partial charge in [0.15, 0.2) is 0 Å². The summed E-state index contributed by atoms with van der Waals surface area (Å²) in [6, 6.07) is 3.52. The summed E-state index contributed by atoms with van der Waals surface area (Å²) in [5, 5.41) is 0. The number of ether oxygens (including phenoxy) is 1. The van der Waals surface area contributed by atoms with Crippen molar-refractivity contribution in [1.29, 1.82) is 0 Å². The molecule has 1 fully saturated rings. The van der Waals surface area contributed by atoms with Gasteiger partial charge in [0, 0.05) is 6.54 Å². The highest BCUT2D eigenvalue weighted by Crippen LogP contribution is 2.25. The Labute approximate surface area is 146 Å². The number of likely N-dealkylation sites (tertiary alicyclic amines) is 1. The van der Waals surface area contributed by atoms with E-state index in [-0.39, 0.29) is 0 Å². The highest BCUT2D eigenvalue weighted by atomic mass is 32.2. The van der Waals surface area contributed by atoms with Gasteiger partial charge in [0.05, 0.1) is 12.0 Å². The molecule has 0 aromatic heterocycles. The maximum Gasteiger partial charge on any atom is 0.241 e. The molecule has 1 N–H and O–H groups in total. The minimum atomic E-state index is -3.48. The third-order valence-electron chi connectivity index (χ3n) is 4.76. The van der Waals surface area contributed by atoms with Crippen LogP contribution < -0.4 is 9.46 Å². The summed E-state index contributed by atoms with van der Waals surface area (Å²) in [5.41, 5.74) is 1.42. The van der Waals surface area contributed by atoms with Crippen molar-refractivity contribution in [1.82, 2.24) is 9.62 Å². The summed E-state index contributed by atoms with van der Waals surface area (Å²) in [5.74, 6) is 1.50. The van der Waals surface area contributed by atoms with Crippen LogP contribution >= 0.6 is 0 Å². The maximum absolute atomic E-state index is 12.6. The summed E-state index contributed by atoms with van der Waals surface area (Å²) in [6.07, 6.45) is 3.33. The lowest BCUT2D eigenvalue weighted by atomic mass is 9.99. The zero-order chi connectivity index (χ0) is 17.7. The first kappa shape index (κ1) is 19.2. The fraction of sp³-hybridized carbons (Fsp3) is 0.667. The molecule has 0 unspecified atom stereocenters. The average Bonchev–Trinajstić information content (AvgIpc) is 2.52. The lowest BCUT2D eigenvalue weighted by Crippen LogP contribution is -2.35. The summed E-state index contributed by atoms with van der Waals surface area (Å²) >= 11 is 0. The molecule has 136 valence electrons. The molecule has 0 radical (unpaired) electrons. The number of piperidine rings is 1. The second kappa shape index (κ2) is 8.32. The molecule has 0 amide bonds. The first-order chi connectivity index (χ1) is 11.3. The predicted molar refractivity (Wildman–Crippen MR) is 97.1 cm³/mol. The fourth-order valence-corrected chi connectivity index (χ4v) is 4.84. The third-order valence-corrected chi connectivity index (χ3v) is 6.52. The smallest absolute Gasteiger partial charge is 0.241 e. The molecule has 1 saturated heterocycles. The number of rotatable bonds is 7. The van der Waals surface area contributed by atoms with Crippen molar-refractivity contribution >= 4 is 10.0 Å². The van der Waals surface area contributed by atoms with Gasteiger partial charge in [-0.3, -0.25) is 0 Å². The van der Waals surface area contributed by atoms with E-state index in [0.29, 0.717) is 28.3 Å². The monoisotopic (exact) mass is 354 g/mol. The highest BCUT2D eigenvalue weighted by Gasteiger charge is 2.20. The van der Waals surface area contributed by atoms with Crippen LogP contribution in [0, 0.1) is 19.8 Å². The van der Waals surface area contributed by atoms with Crippen LogP contribution in [-0.4, -0.2) is 46.6 Å². The molecule has 0 spiro atoms. The van der Waals surface area contributed by atoms with Gasteiger partial charge in [-0.1, -0.05) is 6.92 Å². The largest absolute Gasteiger partial charge is 0.497 e. The zero-order valence-corrected chi connectivity index (χ0v) is 16.1. The summed E-state index contributed by atoms with van der Waals surface area (Å²) in [4.78, 5) is 2.80. The lowest BCUT2D eigenvalue weighted by molar-refractivity contribution is 0.191. The Morgan fingerprint density at radius 3 is 2.33 bits per heavy atom. The van der Waals surface area contributed by atoms with Crippen LogP contribution in [0.15, 0.2) is 17.0 Å². The predicted octanol–water partition coefficient (Wildman–Crippen LogP) is 2.71. The molecule has 1 aliphatic rings. The molecular formula is C18H30N2O3S. The number of sulfonamides is 1. The topological polar surface area (TPSA) is 58.6 Å². The van der Waals surface area contributed by atoms with Gasteiger partial charge in [0.2, 0.25) is 10.0 Å². The van der Waals surface area contributed by atoms with E-state index in [1.165, 1.54) is 12.8 Å². The first-order valence-electron chi connectivity index (χ1n) is 8.70. The number of nitrogens with one attached hydrogen (secondary N) is 1. The quantitative estimate of drug-likeness (QED) is 0.765. The van der Waals surface area contributed by atoms with E-state index >= 15 is 0 Å². The van der Waals surface area contributed by atoms with Gasteiger partial charge < -0.3 is 9.64 Å². The molecule has 5 nitrogen and oxygen atoms in total. The molecule has 1 aliphatic heterocycles. The van der Waals surface area contributed by atoms with Crippen LogP contribution in [0.25, 0.3) is 0 Å². The van der Waals surface area contributed by atoms with Crippen LogP contribution in [0.5, 0.6) is 5.75 Å². The molecule has 0 atom stereocenters. The van der Waals surface area contributed by atoms with Crippen LogP contribution in [-0.2, 0) is 10.0 Å². The Hall–Kier alpha value is -1.11. The normalized spacial score (nSPS) is 17.2. The molecule has 1 aromatic rings. The minimum Gasteiger partial charge on any atom is -0.497 e. The molecule has 6 heteroatoms. The average molecular weight is 355 g/mol. The van der Waals surface area contributed by atoms with Crippen molar-refractivity contribution in [2.75, 3.05) is 33.3 Å². The van der Waals surface area contributed by atoms with E-state index in [4.69, 9.17) is 4.74 Å². The second-order valence-electron chi connectivity index (χ2n) is 6.87.